The van der Waals surface area contributed by atoms with E-state index < -0.39 is 23.4 Å². The Morgan fingerprint density at radius 2 is 2.11 bits per heavy atom. The highest BCUT2D eigenvalue weighted by atomic mass is 16.6. The first kappa shape index (κ1) is 13.3. The molecule has 2 aliphatic carbocycles. The molecule has 0 amide bonds. The lowest BCUT2D eigenvalue weighted by Crippen LogP contribution is -2.66. The van der Waals surface area contributed by atoms with Crippen LogP contribution in [0.1, 0.15) is 26.7 Å². The lowest BCUT2D eigenvalue weighted by molar-refractivity contribution is -0.307. The van der Waals surface area contributed by atoms with Crippen molar-refractivity contribution in [2.75, 3.05) is 6.61 Å². The van der Waals surface area contributed by atoms with Crippen LogP contribution >= 0.6 is 0 Å². The second kappa shape index (κ2) is 3.92. The van der Waals surface area contributed by atoms with Gasteiger partial charge in [0.25, 0.3) is 0 Å². The highest BCUT2D eigenvalue weighted by molar-refractivity contribution is 5.32. The van der Waals surface area contributed by atoms with E-state index in [1.165, 1.54) is 0 Å². The molecule has 3 aliphatic rings. The summed E-state index contributed by atoms with van der Waals surface area (Å²) in [5.74, 6) is -1.73. The van der Waals surface area contributed by atoms with Gasteiger partial charge in [-0.15, -0.1) is 0 Å². The van der Waals surface area contributed by atoms with Gasteiger partial charge in [-0.1, -0.05) is 19.6 Å². The molecule has 1 saturated carbocycles. The van der Waals surface area contributed by atoms with Crippen LogP contribution in [-0.2, 0) is 4.74 Å². The average molecular weight is 266 g/mol. The normalized spacial score (nSPS) is 53.5. The molecule has 0 spiro atoms. The first-order valence-corrected chi connectivity index (χ1v) is 6.93. The summed E-state index contributed by atoms with van der Waals surface area (Å²) in [5, 5.41) is 32.3. The van der Waals surface area contributed by atoms with Crippen LogP contribution in [-0.4, -0.2) is 39.4 Å². The van der Waals surface area contributed by atoms with Gasteiger partial charge in [-0.25, -0.2) is 0 Å². The van der Waals surface area contributed by atoms with Gasteiger partial charge < -0.3 is 20.1 Å². The number of ether oxygens (including phenoxy) is 1. The molecule has 106 valence electrons. The van der Waals surface area contributed by atoms with Crippen LogP contribution in [0.15, 0.2) is 23.8 Å². The van der Waals surface area contributed by atoms with Crippen molar-refractivity contribution >= 4 is 0 Å². The van der Waals surface area contributed by atoms with Gasteiger partial charge >= 0.3 is 0 Å². The van der Waals surface area contributed by atoms with Gasteiger partial charge in [0.15, 0.2) is 5.79 Å². The van der Waals surface area contributed by atoms with Gasteiger partial charge in [-0.05, 0) is 36.3 Å². The van der Waals surface area contributed by atoms with E-state index in [1.54, 1.807) is 0 Å². The molecule has 1 aliphatic heterocycles. The maximum atomic E-state index is 11.1. The molecule has 3 N–H and O–H groups in total. The molecule has 0 aromatic rings. The Morgan fingerprint density at radius 1 is 1.42 bits per heavy atom. The zero-order valence-corrected chi connectivity index (χ0v) is 11.5. The minimum absolute atomic E-state index is 0.141. The van der Waals surface area contributed by atoms with E-state index >= 15 is 0 Å². The van der Waals surface area contributed by atoms with Crippen LogP contribution in [0.4, 0.5) is 0 Å². The smallest absolute Gasteiger partial charge is 0.199 e. The maximum absolute atomic E-state index is 11.1. The summed E-state index contributed by atoms with van der Waals surface area (Å²) in [4.78, 5) is 0. The molecular weight excluding hydrogens is 244 g/mol. The molecule has 0 unspecified atom stereocenters. The van der Waals surface area contributed by atoms with Crippen molar-refractivity contribution in [2.45, 2.75) is 44.2 Å². The number of allylic oxidation sites excluding steroid dienone is 1. The predicted molar refractivity (Wildman–Crippen MR) is 70.1 cm³/mol. The first-order valence-electron chi connectivity index (χ1n) is 6.93. The van der Waals surface area contributed by atoms with E-state index in [4.69, 9.17) is 4.74 Å². The summed E-state index contributed by atoms with van der Waals surface area (Å²) in [6.45, 7) is 7.92. The molecule has 0 aromatic carbocycles. The number of fused-ring (bicyclic) bond motifs is 3. The number of hydrogen-bond donors (Lipinski definition) is 3. The van der Waals surface area contributed by atoms with E-state index in [0.29, 0.717) is 12.0 Å². The highest BCUT2D eigenvalue weighted by Gasteiger charge is 2.68. The summed E-state index contributed by atoms with van der Waals surface area (Å²) in [6.07, 6.45) is 2.48. The molecule has 0 radical (unpaired) electrons. The van der Waals surface area contributed by atoms with Crippen molar-refractivity contribution in [2.24, 2.45) is 17.8 Å². The first-order chi connectivity index (χ1) is 8.81. The largest absolute Gasteiger partial charge is 0.388 e. The third kappa shape index (κ3) is 1.49. The van der Waals surface area contributed by atoms with Gasteiger partial charge in [0, 0.05) is 12.3 Å². The predicted octanol–water partition coefficient (Wildman–Crippen LogP) is 0.976. The molecule has 1 saturated heterocycles. The Bertz CT molecular complexity index is 457. The fourth-order valence-electron chi connectivity index (χ4n) is 4.23. The molecular formula is C15H22O4. The molecule has 2 fully saturated rings. The fraction of sp³-hybridized carbons (Fsp3) is 0.733. The van der Waals surface area contributed by atoms with Crippen LogP contribution in [0.3, 0.4) is 0 Å². The van der Waals surface area contributed by atoms with Gasteiger partial charge in [-0.2, -0.15) is 0 Å². The topological polar surface area (TPSA) is 69.9 Å². The van der Waals surface area contributed by atoms with Crippen molar-refractivity contribution in [3.05, 3.63) is 23.8 Å². The molecule has 6 atom stereocenters. The molecule has 0 aromatic heterocycles. The number of rotatable bonds is 0. The summed E-state index contributed by atoms with van der Waals surface area (Å²) in [5.41, 5.74) is -0.212. The molecule has 3 rings (SSSR count). The van der Waals surface area contributed by atoms with Gasteiger partial charge in [0.2, 0.25) is 0 Å². The van der Waals surface area contributed by atoms with Crippen LogP contribution in [0.25, 0.3) is 0 Å². The fourth-order valence-corrected chi connectivity index (χ4v) is 4.23. The second-order valence-corrected chi connectivity index (χ2v) is 6.44. The van der Waals surface area contributed by atoms with Crippen molar-refractivity contribution < 1.29 is 20.1 Å². The minimum Gasteiger partial charge on any atom is -0.388 e. The van der Waals surface area contributed by atoms with Crippen molar-refractivity contribution in [1.82, 2.24) is 0 Å². The van der Waals surface area contributed by atoms with Crippen LogP contribution < -0.4 is 0 Å². The van der Waals surface area contributed by atoms with E-state index in [1.807, 2.05) is 19.9 Å². The monoisotopic (exact) mass is 266 g/mol. The van der Waals surface area contributed by atoms with Gasteiger partial charge in [0.1, 0.15) is 5.60 Å². The SMILES string of the molecule is C=C1CO[C@]2(O)C[C@H](C)[C@H]3CC=C(C)[C@@H](O)[C@@H]3[C@]12O. The lowest BCUT2D eigenvalue weighted by Gasteiger charge is -2.55. The molecule has 0 bridgehead atoms. The summed E-state index contributed by atoms with van der Waals surface area (Å²) >= 11 is 0. The highest BCUT2D eigenvalue weighted by Crippen LogP contribution is 2.57. The minimum atomic E-state index is -1.61. The van der Waals surface area contributed by atoms with Gasteiger partial charge in [0.05, 0.1) is 12.7 Å². The van der Waals surface area contributed by atoms with Crippen LogP contribution in [0, 0.1) is 17.8 Å². The maximum Gasteiger partial charge on any atom is 0.199 e. The summed E-state index contributed by atoms with van der Waals surface area (Å²) in [6, 6.07) is 0. The average Bonchev–Trinajstić information content (AvgIpc) is 2.58. The third-order valence-electron chi connectivity index (χ3n) is 5.41. The molecule has 4 heteroatoms. The Kier molecular flexibility index (Phi) is 2.74. The number of hydrogen-bond acceptors (Lipinski definition) is 4. The van der Waals surface area contributed by atoms with Gasteiger partial charge in [-0.3, -0.25) is 0 Å². The lowest BCUT2D eigenvalue weighted by atomic mass is 9.55. The van der Waals surface area contributed by atoms with Crippen LogP contribution in [0.2, 0.25) is 0 Å². The van der Waals surface area contributed by atoms with E-state index in [-0.39, 0.29) is 18.4 Å². The zero-order valence-electron chi connectivity index (χ0n) is 11.5. The summed E-state index contributed by atoms with van der Waals surface area (Å²) < 4.78 is 5.44. The number of aliphatic hydroxyl groups excluding tert-OH is 1. The van der Waals surface area contributed by atoms with Crippen molar-refractivity contribution in [3.63, 3.8) is 0 Å². The second-order valence-electron chi connectivity index (χ2n) is 6.44. The summed E-state index contributed by atoms with van der Waals surface area (Å²) in [7, 11) is 0. The third-order valence-corrected chi connectivity index (χ3v) is 5.41. The van der Waals surface area contributed by atoms with Crippen LogP contribution in [0.5, 0.6) is 0 Å². The Labute approximate surface area is 113 Å². The zero-order chi connectivity index (χ0) is 14.0. The quantitative estimate of drug-likeness (QED) is 0.572. The van der Waals surface area contributed by atoms with Crippen molar-refractivity contribution in [3.8, 4) is 0 Å². The molecule has 4 nitrogen and oxygen atoms in total. The van der Waals surface area contributed by atoms with E-state index in [0.717, 1.165) is 12.0 Å². The van der Waals surface area contributed by atoms with Crippen molar-refractivity contribution in [1.29, 1.82) is 0 Å². The standard InChI is InChI=1S/C15H22O4/c1-8-4-5-11-9(2)6-14(17)15(18,10(3)7-19-14)12(11)13(8)16/h4,9,11-13,16-18H,3,5-7H2,1-2H3/t9-,11+,12+,13+,14+,15+/m0/s1. The van der Waals surface area contributed by atoms with E-state index in [9.17, 15) is 15.3 Å². The molecule has 19 heavy (non-hydrogen) atoms. The Morgan fingerprint density at radius 3 is 2.79 bits per heavy atom. The Hall–Kier alpha value is -0.680. The Balaban J connectivity index is 2.12. The molecule has 1 heterocycles. The van der Waals surface area contributed by atoms with E-state index in [2.05, 4.69) is 6.58 Å². The number of aliphatic hydroxyl groups is 3.